The van der Waals surface area contributed by atoms with Gasteiger partial charge in [-0.15, -0.1) is 15.3 Å². The van der Waals surface area contributed by atoms with Gasteiger partial charge in [0.1, 0.15) is 6.33 Å². The summed E-state index contributed by atoms with van der Waals surface area (Å²) in [6, 6.07) is 7.99. The number of nitrogen functional groups attached to an aromatic ring is 1. The average molecular weight is 451 g/mol. The number of aromatic nitrogens is 8. The number of hydrazone groups is 1. The third kappa shape index (κ3) is 3.60. The van der Waals surface area contributed by atoms with E-state index in [2.05, 4.69) is 52.0 Å². The Morgan fingerprint density at radius 3 is 2.94 bits per heavy atom. The predicted octanol–water partition coefficient (Wildman–Crippen LogP) is 0.734. The number of aryl methyl sites for hydroxylation is 2. The molecule has 1 amide bonds. The number of nitrogens with two attached hydrogens (primary N) is 1. The predicted molar refractivity (Wildman–Crippen MR) is 113 cm³/mol. The van der Waals surface area contributed by atoms with Crippen LogP contribution in [0.15, 0.2) is 45.5 Å². The summed E-state index contributed by atoms with van der Waals surface area (Å²) < 4.78 is 7.75. The molecule has 0 saturated heterocycles. The second kappa shape index (κ2) is 8.22. The first kappa shape index (κ1) is 19.9. The van der Waals surface area contributed by atoms with Crippen LogP contribution in [0.1, 0.15) is 33.7 Å². The fourth-order valence-corrected chi connectivity index (χ4v) is 4.23. The van der Waals surface area contributed by atoms with Crippen molar-refractivity contribution < 1.29 is 9.42 Å². The maximum absolute atomic E-state index is 13.0. The van der Waals surface area contributed by atoms with E-state index < -0.39 is 5.91 Å². The SMILES string of the molecule is Cn1cnnc1SCc1c(C(=O)N/N=C2/CCc3ccccc32)nnn1-c1nonc1N. The molecule has 3 aromatic heterocycles. The third-order valence-electron chi connectivity index (χ3n) is 4.93. The second-order valence-electron chi connectivity index (χ2n) is 6.94. The Balaban J connectivity index is 1.43. The van der Waals surface area contributed by atoms with Gasteiger partial charge in [-0.05, 0) is 28.7 Å². The minimum absolute atomic E-state index is 0.0228. The fourth-order valence-electron chi connectivity index (χ4n) is 3.35. The van der Waals surface area contributed by atoms with Gasteiger partial charge in [-0.3, -0.25) is 4.79 Å². The number of hydrogen-bond acceptors (Lipinski definition) is 11. The summed E-state index contributed by atoms with van der Waals surface area (Å²) in [5.74, 6) is -0.0546. The highest BCUT2D eigenvalue weighted by Gasteiger charge is 2.25. The van der Waals surface area contributed by atoms with E-state index in [-0.39, 0.29) is 23.1 Å². The van der Waals surface area contributed by atoms with E-state index in [0.29, 0.717) is 10.9 Å². The molecule has 4 aromatic rings. The van der Waals surface area contributed by atoms with E-state index in [9.17, 15) is 4.79 Å². The molecule has 0 aliphatic heterocycles. The van der Waals surface area contributed by atoms with E-state index in [0.717, 1.165) is 24.1 Å². The zero-order chi connectivity index (χ0) is 22.1. The summed E-state index contributed by atoms with van der Waals surface area (Å²) in [4.78, 5) is 13.0. The van der Waals surface area contributed by atoms with Crippen molar-refractivity contribution >= 4 is 29.2 Å². The number of amides is 1. The van der Waals surface area contributed by atoms with Crippen LogP contribution in [0.3, 0.4) is 0 Å². The van der Waals surface area contributed by atoms with Crippen LogP contribution in [-0.2, 0) is 19.2 Å². The van der Waals surface area contributed by atoms with Crippen molar-refractivity contribution in [2.24, 2.45) is 12.1 Å². The Kier molecular flexibility index (Phi) is 5.10. The number of nitrogens with zero attached hydrogens (tertiary/aromatic N) is 9. The Morgan fingerprint density at radius 2 is 2.16 bits per heavy atom. The number of rotatable bonds is 6. The Bertz CT molecular complexity index is 1320. The zero-order valence-corrected chi connectivity index (χ0v) is 17.7. The molecule has 32 heavy (non-hydrogen) atoms. The first-order valence-electron chi connectivity index (χ1n) is 9.56. The molecule has 3 N–H and O–H groups in total. The molecule has 14 heteroatoms. The topological polar surface area (TPSA) is 168 Å². The lowest BCUT2D eigenvalue weighted by Crippen LogP contribution is -2.21. The number of carbonyl (C=O) groups is 1. The molecule has 1 aliphatic rings. The molecule has 0 radical (unpaired) electrons. The number of carbonyl (C=O) groups excluding carboxylic acids is 1. The van der Waals surface area contributed by atoms with E-state index in [1.54, 1.807) is 10.9 Å². The highest BCUT2D eigenvalue weighted by Crippen LogP contribution is 2.25. The summed E-state index contributed by atoms with van der Waals surface area (Å²) in [6.45, 7) is 0. The van der Waals surface area contributed by atoms with Crippen molar-refractivity contribution in [3.8, 4) is 5.82 Å². The highest BCUT2D eigenvalue weighted by molar-refractivity contribution is 7.98. The van der Waals surface area contributed by atoms with E-state index in [4.69, 9.17) is 5.73 Å². The van der Waals surface area contributed by atoms with Crippen molar-refractivity contribution in [1.82, 2.24) is 45.5 Å². The van der Waals surface area contributed by atoms with E-state index >= 15 is 0 Å². The van der Waals surface area contributed by atoms with Gasteiger partial charge in [-0.2, -0.15) is 9.78 Å². The van der Waals surface area contributed by atoms with Crippen molar-refractivity contribution in [2.45, 2.75) is 23.8 Å². The standard InChI is InChI=1S/C18H17N11O2S/c1-28-9-20-24-18(28)32-8-13-14(22-27-29(13)16-15(19)25-31-26-16)17(30)23-21-12-7-6-10-4-2-3-5-11(10)12/h2-5,9H,6-8H2,1H3,(H2,19,25)(H,23,30)/b21-12-. The van der Waals surface area contributed by atoms with Gasteiger partial charge in [0.05, 0.1) is 11.4 Å². The number of thioether (sulfide) groups is 1. The van der Waals surface area contributed by atoms with Gasteiger partial charge in [0.15, 0.2) is 10.9 Å². The van der Waals surface area contributed by atoms with E-state index in [1.807, 2.05) is 25.2 Å². The average Bonchev–Trinajstić information content (AvgIpc) is 3.57. The minimum Gasteiger partial charge on any atom is -0.378 e. The number of hydrogen-bond donors (Lipinski definition) is 2. The molecule has 0 spiro atoms. The van der Waals surface area contributed by atoms with Gasteiger partial charge in [0, 0.05) is 18.4 Å². The Morgan fingerprint density at radius 1 is 1.28 bits per heavy atom. The number of benzene rings is 1. The first-order valence-corrected chi connectivity index (χ1v) is 10.6. The summed E-state index contributed by atoms with van der Waals surface area (Å²) >= 11 is 1.35. The van der Waals surface area contributed by atoms with Crippen LogP contribution in [0.5, 0.6) is 0 Å². The first-order chi connectivity index (χ1) is 15.6. The smallest absolute Gasteiger partial charge is 0.293 e. The largest absolute Gasteiger partial charge is 0.378 e. The molecule has 5 rings (SSSR count). The molecule has 0 bridgehead atoms. The molecular formula is C18H17N11O2S. The van der Waals surface area contributed by atoms with Crippen molar-refractivity contribution in [3.63, 3.8) is 0 Å². The number of anilines is 1. The normalized spacial score (nSPS) is 14.1. The number of fused-ring (bicyclic) bond motifs is 1. The third-order valence-corrected chi connectivity index (χ3v) is 5.98. The summed E-state index contributed by atoms with van der Waals surface area (Å²) in [5, 5.41) is 28.3. The zero-order valence-electron chi connectivity index (χ0n) is 16.8. The maximum atomic E-state index is 13.0. The molecule has 162 valence electrons. The molecule has 0 saturated carbocycles. The molecule has 3 heterocycles. The number of nitrogens with one attached hydrogen (secondary N) is 1. The van der Waals surface area contributed by atoms with Crippen LogP contribution in [0.2, 0.25) is 0 Å². The van der Waals surface area contributed by atoms with Gasteiger partial charge in [0.2, 0.25) is 11.6 Å². The highest BCUT2D eigenvalue weighted by atomic mass is 32.2. The van der Waals surface area contributed by atoms with Gasteiger partial charge in [-0.1, -0.05) is 41.2 Å². The second-order valence-corrected chi connectivity index (χ2v) is 7.88. The van der Waals surface area contributed by atoms with Crippen LogP contribution in [0.25, 0.3) is 5.82 Å². The van der Waals surface area contributed by atoms with Gasteiger partial charge < -0.3 is 10.3 Å². The summed E-state index contributed by atoms with van der Waals surface area (Å²) in [7, 11) is 1.82. The fraction of sp³-hybridized carbons (Fsp3) is 0.222. The van der Waals surface area contributed by atoms with Crippen LogP contribution >= 0.6 is 11.8 Å². The summed E-state index contributed by atoms with van der Waals surface area (Å²) in [5.41, 5.74) is 12.0. The molecular weight excluding hydrogens is 434 g/mol. The lowest BCUT2D eigenvalue weighted by molar-refractivity contribution is 0.0949. The van der Waals surface area contributed by atoms with Crippen LogP contribution in [0.4, 0.5) is 5.82 Å². The lowest BCUT2D eigenvalue weighted by Gasteiger charge is -2.06. The van der Waals surface area contributed by atoms with E-state index in [1.165, 1.54) is 22.0 Å². The van der Waals surface area contributed by atoms with Gasteiger partial charge in [0.25, 0.3) is 5.91 Å². The van der Waals surface area contributed by atoms with Crippen molar-refractivity contribution in [3.05, 3.63) is 53.1 Å². The maximum Gasteiger partial charge on any atom is 0.293 e. The summed E-state index contributed by atoms with van der Waals surface area (Å²) in [6.07, 6.45) is 3.22. The molecule has 1 aliphatic carbocycles. The van der Waals surface area contributed by atoms with Crippen LogP contribution in [0, 0.1) is 0 Å². The van der Waals surface area contributed by atoms with Gasteiger partial charge in [-0.25, -0.2) is 10.1 Å². The lowest BCUT2D eigenvalue weighted by atomic mass is 10.1. The molecule has 13 nitrogen and oxygen atoms in total. The molecule has 0 unspecified atom stereocenters. The molecule has 0 fully saturated rings. The minimum atomic E-state index is -0.503. The van der Waals surface area contributed by atoms with Crippen molar-refractivity contribution in [1.29, 1.82) is 0 Å². The Hall–Kier alpha value is -4.07. The quantitative estimate of drug-likeness (QED) is 0.315. The molecule has 1 aromatic carbocycles. The Labute approximate surface area is 185 Å². The van der Waals surface area contributed by atoms with Gasteiger partial charge >= 0.3 is 0 Å². The van der Waals surface area contributed by atoms with Crippen LogP contribution in [-0.4, -0.2) is 51.7 Å². The van der Waals surface area contributed by atoms with Crippen LogP contribution < -0.4 is 11.2 Å². The monoisotopic (exact) mass is 451 g/mol. The molecule has 0 atom stereocenters. The van der Waals surface area contributed by atoms with Crippen molar-refractivity contribution in [2.75, 3.05) is 5.73 Å².